The highest BCUT2D eigenvalue weighted by Crippen LogP contribution is 2.36. The second kappa shape index (κ2) is 11.8. The minimum atomic E-state index is -0.793. The Morgan fingerprint density at radius 1 is 1.14 bits per heavy atom. The van der Waals surface area contributed by atoms with Crippen molar-refractivity contribution in [1.82, 2.24) is 0 Å². The SMILES string of the molecule is O=C(O)CCC/C=C/C[C@@H]1[C@@H](/C=C/[C@H](O)CCc2ccccc2)[C@H](O)C[C@@H]1O. The van der Waals surface area contributed by atoms with Crippen molar-refractivity contribution in [3.05, 3.63) is 60.2 Å². The van der Waals surface area contributed by atoms with Gasteiger partial charge in [0.25, 0.3) is 0 Å². The van der Waals surface area contributed by atoms with Crippen molar-refractivity contribution >= 4 is 5.97 Å². The standard InChI is InChI=1S/C23H32O5/c24-18(13-12-17-8-4-3-5-9-17)14-15-20-19(21(25)16-22(20)26)10-6-1-2-7-11-23(27)28/h1,3-6,8-9,14-15,18-22,24-26H,2,7,10-13,16H2,(H,27,28)/b6-1+,15-14+/t18-,19-,20-,21+,22-/m1/s1. The van der Waals surface area contributed by atoms with E-state index in [1.807, 2.05) is 48.6 Å². The van der Waals surface area contributed by atoms with E-state index in [0.29, 0.717) is 32.1 Å². The van der Waals surface area contributed by atoms with Crippen molar-refractivity contribution in [2.75, 3.05) is 0 Å². The summed E-state index contributed by atoms with van der Waals surface area (Å²) in [7, 11) is 0. The van der Waals surface area contributed by atoms with E-state index in [2.05, 4.69) is 0 Å². The third-order valence-corrected chi connectivity index (χ3v) is 5.38. The molecule has 0 amide bonds. The van der Waals surface area contributed by atoms with Gasteiger partial charge in [-0.2, -0.15) is 0 Å². The van der Waals surface area contributed by atoms with Crippen molar-refractivity contribution in [2.45, 2.75) is 63.3 Å². The normalized spacial score (nSPS) is 26.2. The fourth-order valence-corrected chi connectivity index (χ4v) is 3.76. The van der Waals surface area contributed by atoms with Crippen LogP contribution in [-0.4, -0.2) is 44.7 Å². The Morgan fingerprint density at radius 3 is 2.61 bits per heavy atom. The molecule has 0 unspecified atom stereocenters. The van der Waals surface area contributed by atoms with E-state index < -0.39 is 24.3 Å². The second-order valence-corrected chi connectivity index (χ2v) is 7.58. The Bertz CT molecular complexity index is 640. The molecule has 0 bridgehead atoms. The molecule has 0 saturated heterocycles. The lowest BCUT2D eigenvalue weighted by molar-refractivity contribution is -0.137. The molecule has 28 heavy (non-hydrogen) atoms. The van der Waals surface area contributed by atoms with Gasteiger partial charge in [-0.25, -0.2) is 0 Å². The summed E-state index contributed by atoms with van der Waals surface area (Å²) >= 11 is 0. The average molecular weight is 389 g/mol. The smallest absolute Gasteiger partial charge is 0.303 e. The Kier molecular flexibility index (Phi) is 9.41. The first kappa shape index (κ1) is 22.3. The van der Waals surface area contributed by atoms with Gasteiger partial charge in [-0.3, -0.25) is 4.79 Å². The van der Waals surface area contributed by atoms with Crippen molar-refractivity contribution in [1.29, 1.82) is 0 Å². The summed E-state index contributed by atoms with van der Waals surface area (Å²) in [5.74, 6) is -1.08. The maximum absolute atomic E-state index is 10.5. The number of aliphatic hydroxyl groups is 3. The third kappa shape index (κ3) is 7.58. The van der Waals surface area contributed by atoms with Crippen LogP contribution in [0.25, 0.3) is 0 Å². The third-order valence-electron chi connectivity index (χ3n) is 5.38. The van der Waals surface area contributed by atoms with E-state index in [4.69, 9.17) is 5.11 Å². The molecule has 5 atom stereocenters. The quantitative estimate of drug-likeness (QED) is 0.345. The molecule has 1 aliphatic rings. The fraction of sp³-hybridized carbons (Fsp3) is 0.522. The van der Waals surface area contributed by atoms with Gasteiger partial charge >= 0.3 is 5.97 Å². The average Bonchev–Trinajstić information content (AvgIpc) is 2.94. The predicted octanol–water partition coefficient (Wildman–Crippen LogP) is 3.10. The van der Waals surface area contributed by atoms with Crippen molar-refractivity contribution < 1.29 is 25.2 Å². The van der Waals surface area contributed by atoms with Gasteiger partial charge in [0.15, 0.2) is 0 Å². The molecule has 0 aromatic heterocycles. The van der Waals surface area contributed by atoms with Gasteiger partial charge in [-0.15, -0.1) is 0 Å². The molecule has 154 valence electrons. The summed E-state index contributed by atoms with van der Waals surface area (Å²) in [6, 6.07) is 9.99. The molecule has 1 aromatic carbocycles. The number of hydrogen-bond acceptors (Lipinski definition) is 4. The zero-order valence-corrected chi connectivity index (χ0v) is 16.2. The number of carbonyl (C=O) groups is 1. The highest BCUT2D eigenvalue weighted by molar-refractivity contribution is 5.66. The summed E-state index contributed by atoms with van der Waals surface area (Å²) in [5, 5.41) is 39.4. The van der Waals surface area contributed by atoms with Crippen LogP contribution in [0.1, 0.15) is 44.1 Å². The molecule has 5 nitrogen and oxygen atoms in total. The molecule has 1 fully saturated rings. The van der Waals surface area contributed by atoms with Crippen LogP contribution in [0.3, 0.4) is 0 Å². The molecule has 2 rings (SSSR count). The van der Waals surface area contributed by atoms with E-state index in [1.165, 1.54) is 5.56 Å². The maximum Gasteiger partial charge on any atom is 0.303 e. The highest BCUT2D eigenvalue weighted by atomic mass is 16.4. The first-order valence-electron chi connectivity index (χ1n) is 10.1. The van der Waals surface area contributed by atoms with Crippen molar-refractivity contribution in [3.8, 4) is 0 Å². The summed E-state index contributed by atoms with van der Waals surface area (Å²) in [6.07, 6.45) is 9.51. The van der Waals surface area contributed by atoms with Gasteiger partial charge in [0.2, 0.25) is 0 Å². The molecule has 1 aromatic rings. The molecule has 5 heteroatoms. The number of benzene rings is 1. The molecule has 1 saturated carbocycles. The molecule has 0 heterocycles. The van der Waals surface area contributed by atoms with Crippen LogP contribution in [-0.2, 0) is 11.2 Å². The van der Waals surface area contributed by atoms with Crippen LogP contribution in [0.2, 0.25) is 0 Å². The van der Waals surface area contributed by atoms with Gasteiger partial charge in [-0.05, 0) is 43.6 Å². The van der Waals surface area contributed by atoms with E-state index >= 15 is 0 Å². The van der Waals surface area contributed by atoms with Crippen LogP contribution in [0, 0.1) is 11.8 Å². The number of carboxylic acids is 1. The van der Waals surface area contributed by atoms with Gasteiger partial charge in [0.05, 0.1) is 18.3 Å². The minimum Gasteiger partial charge on any atom is -0.481 e. The molecule has 0 spiro atoms. The van der Waals surface area contributed by atoms with E-state index in [-0.39, 0.29) is 18.3 Å². The summed E-state index contributed by atoms with van der Waals surface area (Å²) in [6.45, 7) is 0. The Labute approximate surface area is 167 Å². The molecule has 1 aliphatic carbocycles. The van der Waals surface area contributed by atoms with Gasteiger partial charge in [-0.1, -0.05) is 54.6 Å². The monoisotopic (exact) mass is 388 g/mol. The number of carboxylic acid groups (broad SMARTS) is 1. The largest absolute Gasteiger partial charge is 0.481 e. The first-order chi connectivity index (χ1) is 13.5. The second-order valence-electron chi connectivity index (χ2n) is 7.58. The zero-order valence-electron chi connectivity index (χ0n) is 16.2. The fourth-order valence-electron chi connectivity index (χ4n) is 3.76. The van der Waals surface area contributed by atoms with Crippen LogP contribution < -0.4 is 0 Å². The van der Waals surface area contributed by atoms with Gasteiger partial charge in [0.1, 0.15) is 0 Å². The number of aryl methyl sites for hydroxylation is 1. The number of unbranched alkanes of at least 4 members (excludes halogenated alkanes) is 1. The summed E-state index contributed by atoms with van der Waals surface area (Å²) in [5.41, 5.74) is 1.18. The lowest BCUT2D eigenvalue weighted by atomic mass is 9.89. The van der Waals surface area contributed by atoms with Crippen LogP contribution in [0.15, 0.2) is 54.6 Å². The van der Waals surface area contributed by atoms with Crippen LogP contribution in [0.5, 0.6) is 0 Å². The number of aliphatic hydroxyl groups excluding tert-OH is 3. The number of rotatable bonds is 11. The topological polar surface area (TPSA) is 98.0 Å². The van der Waals surface area contributed by atoms with Crippen LogP contribution >= 0.6 is 0 Å². The zero-order chi connectivity index (χ0) is 20.4. The molecular weight excluding hydrogens is 356 g/mol. The Morgan fingerprint density at radius 2 is 1.89 bits per heavy atom. The first-order valence-corrected chi connectivity index (χ1v) is 10.1. The van der Waals surface area contributed by atoms with Crippen molar-refractivity contribution in [3.63, 3.8) is 0 Å². The van der Waals surface area contributed by atoms with Gasteiger partial charge < -0.3 is 20.4 Å². The number of allylic oxidation sites excluding steroid dienone is 2. The summed E-state index contributed by atoms with van der Waals surface area (Å²) in [4.78, 5) is 10.5. The van der Waals surface area contributed by atoms with E-state index in [9.17, 15) is 20.1 Å². The molecule has 4 N–H and O–H groups in total. The molecular formula is C23H32O5. The lowest BCUT2D eigenvalue weighted by Gasteiger charge is -2.19. The van der Waals surface area contributed by atoms with Crippen LogP contribution in [0.4, 0.5) is 0 Å². The lowest BCUT2D eigenvalue weighted by Crippen LogP contribution is -2.20. The number of aliphatic carboxylic acids is 1. The number of hydrogen-bond donors (Lipinski definition) is 4. The van der Waals surface area contributed by atoms with E-state index in [0.717, 1.165) is 6.42 Å². The summed E-state index contributed by atoms with van der Waals surface area (Å²) < 4.78 is 0. The van der Waals surface area contributed by atoms with E-state index in [1.54, 1.807) is 6.08 Å². The Balaban J connectivity index is 1.82. The highest BCUT2D eigenvalue weighted by Gasteiger charge is 2.39. The molecule has 0 radical (unpaired) electrons. The predicted molar refractivity (Wildman–Crippen MR) is 109 cm³/mol. The van der Waals surface area contributed by atoms with Crippen molar-refractivity contribution in [2.24, 2.45) is 11.8 Å². The maximum atomic E-state index is 10.5. The minimum absolute atomic E-state index is 0.0942. The Hall–Kier alpha value is -1.95. The van der Waals surface area contributed by atoms with Gasteiger partial charge in [0, 0.05) is 18.8 Å². The molecule has 0 aliphatic heterocycles.